The summed E-state index contributed by atoms with van der Waals surface area (Å²) in [6.07, 6.45) is 4.76. The Kier molecular flexibility index (Phi) is 4.58. The zero-order valence-electron chi connectivity index (χ0n) is 12.3. The molecule has 1 fully saturated rings. The van der Waals surface area contributed by atoms with Crippen LogP contribution in [0.15, 0.2) is 6.33 Å². The van der Waals surface area contributed by atoms with E-state index in [-0.39, 0.29) is 0 Å². The molecule has 1 unspecified atom stereocenters. The summed E-state index contributed by atoms with van der Waals surface area (Å²) in [4.78, 5) is 13.4. The molecule has 1 aromatic rings. The predicted molar refractivity (Wildman–Crippen MR) is 79.4 cm³/mol. The lowest BCUT2D eigenvalue weighted by Gasteiger charge is -2.40. The van der Waals surface area contributed by atoms with Gasteiger partial charge in [0, 0.05) is 31.2 Å². The summed E-state index contributed by atoms with van der Waals surface area (Å²) in [6, 6.07) is 0.597. The van der Waals surface area contributed by atoms with Crippen LogP contribution in [0.25, 0.3) is 0 Å². The Bertz CT molecular complexity index is 420. The highest BCUT2D eigenvalue weighted by molar-refractivity contribution is 5.57. The summed E-state index contributed by atoms with van der Waals surface area (Å²) < 4.78 is 0. The van der Waals surface area contributed by atoms with Crippen molar-refractivity contribution in [1.29, 1.82) is 0 Å². The van der Waals surface area contributed by atoms with Gasteiger partial charge in [0.2, 0.25) is 0 Å². The molecule has 1 saturated heterocycles. The minimum Gasteiger partial charge on any atom is -0.383 e. The Morgan fingerprint density at radius 3 is 2.79 bits per heavy atom. The number of hydrogen-bond donors (Lipinski definition) is 1. The van der Waals surface area contributed by atoms with Crippen molar-refractivity contribution in [3.05, 3.63) is 11.9 Å². The molecule has 2 heterocycles. The van der Waals surface area contributed by atoms with E-state index < -0.39 is 0 Å². The largest absolute Gasteiger partial charge is 0.383 e. The second kappa shape index (κ2) is 6.19. The molecule has 0 radical (unpaired) electrons. The van der Waals surface area contributed by atoms with Gasteiger partial charge < -0.3 is 10.6 Å². The average molecular weight is 263 g/mol. The van der Waals surface area contributed by atoms with Crippen LogP contribution in [0.2, 0.25) is 0 Å². The minimum atomic E-state index is 0.597. The maximum atomic E-state index is 6.02. The molecule has 19 heavy (non-hydrogen) atoms. The van der Waals surface area contributed by atoms with E-state index in [1.807, 2.05) is 0 Å². The number of rotatable bonds is 4. The molecule has 0 spiro atoms. The van der Waals surface area contributed by atoms with Crippen molar-refractivity contribution < 1.29 is 0 Å². The molecule has 2 N–H and O–H groups in total. The fourth-order valence-corrected chi connectivity index (χ4v) is 2.76. The normalized spacial score (nSPS) is 20.8. The Balaban J connectivity index is 2.24. The molecule has 0 aliphatic carbocycles. The van der Waals surface area contributed by atoms with Gasteiger partial charge in [0.1, 0.15) is 18.0 Å². The first-order chi connectivity index (χ1) is 9.17. The molecule has 106 valence electrons. The lowest BCUT2D eigenvalue weighted by molar-refractivity contribution is 0.212. The zero-order chi connectivity index (χ0) is 13.8. The molecule has 0 amide bonds. The van der Waals surface area contributed by atoms with E-state index in [1.54, 1.807) is 6.33 Å². The minimum absolute atomic E-state index is 0.597. The fraction of sp³-hybridized carbons (Fsp3) is 0.714. The van der Waals surface area contributed by atoms with Crippen LogP contribution in [0.5, 0.6) is 0 Å². The molecule has 2 rings (SSSR count). The fourth-order valence-electron chi connectivity index (χ4n) is 2.76. The first kappa shape index (κ1) is 14.1. The topological polar surface area (TPSA) is 58.3 Å². The van der Waals surface area contributed by atoms with Crippen molar-refractivity contribution in [2.45, 2.75) is 39.2 Å². The molecule has 1 atom stereocenters. The van der Waals surface area contributed by atoms with Crippen LogP contribution in [-0.4, -0.2) is 47.6 Å². The van der Waals surface area contributed by atoms with Crippen molar-refractivity contribution in [3.8, 4) is 0 Å². The Morgan fingerprint density at radius 1 is 1.32 bits per heavy atom. The molecule has 0 bridgehead atoms. The van der Waals surface area contributed by atoms with Crippen molar-refractivity contribution >= 4 is 11.6 Å². The molecular formula is C14H25N5. The molecule has 1 aliphatic heterocycles. The lowest BCUT2D eigenvalue weighted by atomic mass is 10.1. The van der Waals surface area contributed by atoms with Gasteiger partial charge in [-0.3, -0.25) is 4.90 Å². The van der Waals surface area contributed by atoms with E-state index in [4.69, 9.17) is 5.73 Å². The summed E-state index contributed by atoms with van der Waals surface area (Å²) in [6.45, 7) is 7.52. The monoisotopic (exact) mass is 263 g/mol. The summed E-state index contributed by atoms with van der Waals surface area (Å²) in [7, 11) is 2.20. The van der Waals surface area contributed by atoms with E-state index in [0.29, 0.717) is 11.9 Å². The second-order valence-corrected chi connectivity index (χ2v) is 5.30. The summed E-state index contributed by atoms with van der Waals surface area (Å²) in [5.74, 6) is 1.68. The molecule has 1 aliphatic rings. The van der Waals surface area contributed by atoms with Gasteiger partial charge >= 0.3 is 0 Å². The van der Waals surface area contributed by atoms with E-state index in [2.05, 4.69) is 40.7 Å². The number of hydrogen-bond acceptors (Lipinski definition) is 5. The van der Waals surface area contributed by atoms with E-state index in [0.717, 1.165) is 50.3 Å². The van der Waals surface area contributed by atoms with Gasteiger partial charge in [-0.25, -0.2) is 9.97 Å². The standard InChI is InChI=1S/C14H25N5/c1-4-6-12-13(15)16-10-17-14(12)19-8-7-18(3)11(5-2)9-19/h10-11H,4-9H2,1-3H3,(H2,15,16,17). The highest BCUT2D eigenvalue weighted by Crippen LogP contribution is 2.25. The van der Waals surface area contributed by atoms with Gasteiger partial charge in [0.05, 0.1) is 0 Å². The van der Waals surface area contributed by atoms with Crippen LogP contribution in [0.4, 0.5) is 11.6 Å². The zero-order valence-corrected chi connectivity index (χ0v) is 12.3. The van der Waals surface area contributed by atoms with Crippen molar-refractivity contribution in [2.24, 2.45) is 0 Å². The highest BCUT2D eigenvalue weighted by atomic mass is 15.3. The van der Waals surface area contributed by atoms with E-state index in [9.17, 15) is 0 Å². The predicted octanol–water partition coefficient (Wildman–Crippen LogP) is 1.54. The maximum absolute atomic E-state index is 6.02. The first-order valence-corrected chi connectivity index (χ1v) is 7.21. The number of aromatic nitrogens is 2. The Morgan fingerprint density at radius 2 is 2.11 bits per heavy atom. The summed E-state index contributed by atoms with van der Waals surface area (Å²) >= 11 is 0. The number of piperazine rings is 1. The third kappa shape index (κ3) is 2.97. The van der Waals surface area contributed by atoms with Gasteiger partial charge in [0.15, 0.2) is 0 Å². The number of likely N-dealkylation sites (N-methyl/N-ethyl adjacent to an activating group) is 1. The number of nitrogens with two attached hydrogens (primary N) is 1. The summed E-state index contributed by atoms with van der Waals surface area (Å²) in [5, 5.41) is 0. The summed E-state index contributed by atoms with van der Waals surface area (Å²) in [5.41, 5.74) is 7.14. The second-order valence-electron chi connectivity index (χ2n) is 5.30. The molecular weight excluding hydrogens is 238 g/mol. The van der Waals surface area contributed by atoms with Crippen molar-refractivity contribution in [2.75, 3.05) is 37.3 Å². The van der Waals surface area contributed by atoms with Crippen LogP contribution in [0.3, 0.4) is 0 Å². The van der Waals surface area contributed by atoms with E-state index >= 15 is 0 Å². The van der Waals surface area contributed by atoms with Crippen LogP contribution in [0.1, 0.15) is 32.3 Å². The smallest absolute Gasteiger partial charge is 0.137 e. The highest BCUT2D eigenvalue weighted by Gasteiger charge is 2.25. The molecule has 5 heteroatoms. The number of nitrogens with zero attached hydrogens (tertiary/aromatic N) is 4. The first-order valence-electron chi connectivity index (χ1n) is 7.21. The average Bonchev–Trinajstić information content (AvgIpc) is 2.42. The van der Waals surface area contributed by atoms with Gasteiger partial charge in [-0.05, 0) is 19.9 Å². The van der Waals surface area contributed by atoms with Crippen LogP contribution in [0, 0.1) is 0 Å². The number of nitrogen functional groups attached to an aromatic ring is 1. The van der Waals surface area contributed by atoms with Gasteiger partial charge in [-0.2, -0.15) is 0 Å². The third-order valence-corrected chi connectivity index (χ3v) is 4.00. The Hall–Kier alpha value is -1.36. The van der Waals surface area contributed by atoms with Gasteiger partial charge in [-0.15, -0.1) is 0 Å². The lowest BCUT2D eigenvalue weighted by Crippen LogP contribution is -2.51. The molecule has 1 aromatic heterocycles. The van der Waals surface area contributed by atoms with Crippen molar-refractivity contribution in [1.82, 2.24) is 14.9 Å². The maximum Gasteiger partial charge on any atom is 0.137 e. The van der Waals surface area contributed by atoms with Crippen molar-refractivity contribution in [3.63, 3.8) is 0 Å². The van der Waals surface area contributed by atoms with Gasteiger partial charge in [0.25, 0.3) is 0 Å². The molecule has 0 aromatic carbocycles. The van der Waals surface area contributed by atoms with E-state index in [1.165, 1.54) is 0 Å². The number of anilines is 2. The molecule has 5 nitrogen and oxygen atoms in total. The third-order valence-electron chi connectivity index (χ3n) is 4.00. The molecule has 0 saturated carbocycles. The van der Waals surface area contributed by atoms with Crippen LogP contribution in [-0.2, 0) is 6.42 Å². The van der Waals surface area contributed by atoms with Crippen LogP contribution < -0.4 is 10.6 Å². The quantitative estimate of drug-likeness (QED) is 0.893. The SMILES string of the molecule is CCCc1c(N)ncnc1N1CCN(C)C(CC)C1. The van der Waals surface area contributed by atoms with Gasteiger partial charge in [-0.1, -0.05) is 20.3 Å². The van der Waals surface area contributed by atoms with Crippen LogP contribution >= 0.6 is 0 Å². The Labute approximate surface area is 115 Å².